The molecule has 0 bridgehead atoms. The zero-order chi connectivity index (χ0) is 15.9. The predicted molar refractivity (Wildman–Crippen MR) is 61.2 cm³/mol. The van der Waals surface area contributed by atoms with Crippen molar-refractivity contribution in [3.05, 3.63) is 0 Å². The molecule has 0 fully saturated rings. The molecule has 0 aliphatic heterocycles. The highest BCUT2D eigenvalue weighted by molar-refractivity contribution is 5.75. The molecule has 0 spiro atoms. The van der Waals surface area contributed by atoms with E-state index in [9.17, 15) is 20.1 Å². The van der Waals surface area contributed by atoms with Crippen molar-refractivity contribution < 1.29 is 50.4 Å². The fourth-order valence-corrected chi connectivity index (χ4v) is 1.15. The summed E-state index contributed by atoms with van der Waals surface area (Å²) in [7, 11) is 0. The smallest absolute Gasteiger partial charge is 0.337 e. The lowest BCUT2D eigenvalue weighted by atomic mass is 10.0. The van der Waals surface area contributed by atoms with E-state index in [1.165, 1.54) is 0 Å². The first kappa shape index (κ1) is 19.1. The minimum Gasteiger partial charge on any atom is -0.461 e. The van der Waals surface area contributed by atoms with E-state index in [1.54, 1.807) is 0 Å². The number of aliphatic hydroxyl groups is 8. The largest absolute Gasteiger partial charge is 0.461 e. The molecule has 10 heteroatoms. The van der Waals surface area contributed by atoms with Crippen molar-refractivity contribution in [3.8, 4) is 0 Å². The molecule has 0 heterocycles. The Morgan fingerprint density at radius 2 is 1.30 bits per heavy atom. The van der Waals surface area contributed by atoms with Gasteiger partial charge < -0.3 is 45.6 Å². The highest BCUT2D eigenvalue weighted by Gasteiger charge is 2.35. The Labute approximate surface area is 114 Å². The highest BCUT2D eigenvalue weighted by Crippen LogP contribution is 2.07. The average Bonchev–Trinajstić information content (AvgIpc) is 2.47. The van der Waals surface area contributed by atoms with Crippen LogP contribution in [-0.4, -0.2) is 103 Å². The van der Waals surface area contributed by atoms with Crippen molar-refractivity contribution in [3.63, 3.8) is 0 Å². The summed E-state index contributed by atoms with van der Waals surface area (Å²) in [6.07, 6.45) is -11.3. The Morgan fingerprint density at radius 1 is 0.800 bits per heavy atom. The van der Waals surface area contributed by atoms with Gasteiger partial charge >= 0.3 is 5.97 Å². The van der Waals surface area contributed by atoms with E-state index in [0.29, 0.717) is 0 Å². The summed E-state index contributed by atoms with van der Waals surface area (Å²) in [6, 6.07) is 0. The number of aliphatic hydroxyl groups excluding tert-OH is 8. The van der Waals surface area contributed by atoms with E-state index >= 15 is 0 Å². The molecule has 0 radical (unpaired) electrons. The molecule has 0 aromatic heterocycles. The van der Waals surface area contributed by atoms with Crippen molar-refractivity contribution in [2.24, 2.45) is 0 Å². The summed E-state index contributed by atoms with van der Waals surface area (Å²) >= 11 is 0. The molecule has 20 heavy (non-hydrogen) atoms. The fraction of sp³-hybridized carbons (Fsp3) is 0.900. The third-order valence-electron chi connectivity index (χ3n) is 2.52. The van der Waals surface area contributed by atoms with Gasteiger partial charge in [-0.3, -0.25) is 0 Å². The van der Waals surface area contributed by atoms with Gasteiger partial charge in [0.2, 0.25) is 0 Å². The van der Waals surface area contributed by atoms with Crippen LogP contribution >= 0.6 is 0 Å². The van der Waals surface area contributed by atoms with Gasteiger partial charge in [-0.25, -0.2) is 4.79 Å². The second-order valence-corrected chi connectivity index (χ2v) is 4.12. The summed E-state index contributed by atoms with van der Waals surface area (Å²) in [5, 5.41) is 72.2. The zero-order valence-corrected chi connectivity index (χ0v) is 10.5. The minimum absolute atomic E-state index is 0.761. The molecule has 0 saturated heterocycles. The van der Waals surface area contributed by atoms with Crippen LogP contribution in [0.25, 0.3) is 0 Å². The second kappa shape index (κ2) is 9.15. The molecule has 0 amide bonds. The number of esters is 1. The first-order valence-electron chi connectivity index (χ1n) is 5.73. The van der Waals surface area contributed by atoms with Crippen molar-refractivity contribution in [2.45, 2.75) is 36.6 Å². The van der Waals surface area contributed by atoms with E-state index in [1.807, 2.05) is 0 Å². The first-order chi connectivity index (χ1) is 9.26. The van der Waals surface area contributed by atoms with Crippen molar-refractivity contribution in [1.29, 1.82) is 0 Å². The normalized spacial score (nSPS) is 20.6. The minimum atomic E-state index is -2.23. The lowest BCUT2D eigenvalue weighted by Gasteiger charge is -2.25. The fourth-order valence-electron chi connectivity index (χ4n) is 1.15. The van der Waals surface area contributed by atoms with Gasteiger partial charge in [-0.2, -0.15) is 0 Å². The lowest BCUT2D eigenvalue weighted by Crippen LogP contribution is -2.49. The second-order valence-electron chi connectivity index (χ2n) is 4.12. The number of hydrogen-bond donors (Lipinski definition) is 8. The molecule has 8 N–H and O–H groups in total. The van der Waals surface area contributed by atoms with Gasteiger partial charge in [0.15, 0.2) is 6.10 Å². The third kappa shape index (κ3) is 5.64. The Bertz CT molecular complexity index is 285. The van der Waals surface area contributed by atoms with E-state index in [2.05, 4.69) is 4.74 Å². The first-order valence-corrected chi connectivity index (χ1v) is 5.73. The average molecular weight is 300 g/mol. The third-order valence-corrected chi connectivity index (χ3v) is 2.52. The van der Waals surface area contributed by atoms with Crippen LogP contribution in [-0.2, 0) is 9.53 Å². The van der Waals surface area contributed by atoms with Gasteiger partial charge in [0.05, 0.1) is 13.2 Å². The van der Waals surface area contributed by atoms with Crippen molar-refractivity contribution >= 4 is 5.97 Å². The van der Waals surface area contributed by atoms with Crippen LogP contribution in [0.4, 0.5) is 0 Å². The molecular formula is C10H20O10. The molecule has 0 aliphatic carbocycles. The number of rotatable bonds is 9. The maximum absolute atomic E-state index is 11.3. The van der Waals surface area contributed by atoms with Crippen LogP contribution in [0.2, 0.25) is 0 Å². The van der Waals surface area contributed by atoms with E-state index in [4.69, 9.17) is 25.5 Å². The molecule has 120 valence electrons. The van der Waals surface area contributed by atoms with Crippen LogP contribution in [0.15, 0.2) is 0 Å². The maximum atomic E-state index is 11.3. The molecule has 6 atom stereocenters. The Kier molecular flexibility index (Phi) is 8.76. The molecule has 0 unspecified atom stereocenters. The standard InChI is InChI=1S/C10H20O10/c11-1-4(13)6(15)3-20-10(19)9(18)8(17)7(16)5(14)2-12/h4-9,11-18H,1-3H2/t4-,5-,6+,7-,8+,9-/m1/s1. The molecule has 0 aromatic rings. The van der Waals surface area contributed by atoms with Gasteiger partial charge in [-0.05, 0) is 0 Å². The van der Waals surface area contributed by atoms with Crippen LogP contribution < -0.4 is 0 Å². The van der Waals surface area contributed by atoms with E-state index < -0.39 is 62.4 Å². The molecule has 0 rings (SSSR count). The van der Waals surface area contributed by atoms with Gasteiger partial charge in [0.25, 0.3) is 0 Å². The molecule has 0 saturated carbocycles. The topological polar surface area (TPSA) is 188 Å². The highest BCUT2D eigenvalue weighted by atomic mass is 16.6. The predicted octanol–water partition coefficient (Wildman–Crippen LogP) is -5.32. The molecule has 10 nitrogen and oxygen atoms in total. The van der Waals surface area contributed by atoms with Gasteiger partial charge in [-0.1, -0.05) is 0 Å². The number of ether oxygens (including phenoxy) is 1. The van der Waals surface area contributed by atoms with Gasteiger partial charge in [0, 0.05) is 0 Å². The van der Waals surface area contributed by atoms with Crippen LogP contribution in [0.1, 0.15) is 0 Å². The summed E-state index contributed by atoms with van der Waals surface area (Å²) < 4.78 is 4.35. The Balaban J connectivity index is 4.33. The van der Waals surface area contributed by atoms with E-state index in [-0.39, 0.29) is 0 Å². The van der Waals surface area contributed by atoms with Crippen LogP contribution in [0.3, 0.4) is 0 Å². The number of hydrogen-bond acceptors (Lipinski definition) is 10. The lowest BCUT2D eigenvalue weighted by molar-refractivity contribution is -0.174. The number of carbonyl (C=O) groups excluding carboxylic acids is 1. The SMILES string of the molecule is O=C(OC[C@H](O)[C@H](O)CO)[C@H](O)[C@@H](O)[C@H](O)[C@H](O)CO. The van der Waals surface area contributed by atoms with Crippen LogP contribution in [0, 0.1) is 0 Å². The zero-order valence-electron chi connectivity index (χ0n) is 10.5. The van der Waals surface area contributed by atoms with Crippen LogP contribution in [0.5, 0.6) is 0 Å². The Hall–Kier alpha value is -0.850. The van der Waals surface area contributed by atoms with E-state index in [0.717, 1.165) is 0 Å². The monoisotopic (exact) mass is 300 g/mol. The Morgan fingerprint density at radius 3 is 1.75 bits per heavy atom. The molecule has 0 aliphatic rings. The summed E-state index contributed by atoms with van der Waals surface area (Å²) in [4.78, 5) is 11.3. The van der Waals surface area contributed by atoms with Crippen molar-refractivity contribution in [2.75, 3.05) is 19.8 Å². The molecular weight excluding hydrogens is 280 g/mol. The van der Waals surface area contributed by atoms with Gasteiger partial charge in [-0.15, -0.1) is 0 Å². The quantitative estimate of drug-likeness (QED) is 0.191. The number of carbonyl (C=O) groups is 1. The van der Waals surface area contributed by atoms with Crippen molar-refractivity contribution in [1.82, 2.24) is 0 Å². The molecule has 0 aromatic carbocycles. The van der Waals surface area contributed by atoms with Gasteiger partial charge in [0.1, 0.15) is 37.1 Å². The summed E-state index contributed by atoms with van der Waals surface area (Å²) in [5.74, 6) is -1.43. The summed E-state index contributed by atoms with van der Waals surface area (Å²) in [6.45, 7) is -2.43. The summed E-state index contributed by atoms with van der Waals surface area (Å²) in [5.41, 5.74) is 0. The maximum Gasteiger partial charge on any atom is 0.337 e.